The fourth-order valence-electron chi connectivity index (χ4n) is 1.71. The normalized spacial score (nSPS) is 10.7. The zero-order valence-corrected chi connectivity index (χ0v) is 12.2. The third-order valence-electron chi connectivity index (χ3n) is 2.77. The molecule has 0 aliphatic carbocycles. The first-order valence-electron chi connectivity index (χ1n) is 6.77. The van der Waals surface area contributed by atoms with Gasteiger partial charge in [-0.05, 0) is 42.0 Å². The summed E-state index contributed by atoms with van der Waals surface area (Å²) in [6.45, 7) is 0. The van der Waals surface area contributed by atoms with E-state index >= 15 is 0 Å². The number of hydrogen-bond donors (Lipinski definition) is 2. The van der Waals surface area contributed by atoms with Crippen LogP contribution in [0.25, 0.3) is 0 Å². The Morgan fingerprint density at radius 3 is 2.83 bits per heavy atom. The van der Waals surface area contributed by atoms with Gasteiger partial charge in [0.1, 0.15) is 11.9 Å². The van der Waals surface area contributed by atoms with E-state index in [1.165, 1.54) is 18.5 Å². The van der Waals surface area contributed by atoms with Crippen molar-refractivity contribution in [2.24, 2.45) is 5.10 Å². The molecule has 9 heteroatoms. The number of anilines is 1. The molecule has 0 amide bonds. The third kappa shape index (κ3) is 3.91. The van der Waals surface area contributed by atoms with Gasteiger partial charge in [0.25, 0.3) is 5.56 Å². The molecule has 0 radical (unpaired) electrons. The number of benzene rings is 1. The van der Waals surface area contributed by atoms with E-state index in [1.807, 2.05) is 0 Å². The van der Waals surface area contributed by atoms with Crippen LogP contribution in [0.5, 0.6) is 5.75 Å². The van der Waals surface area contributed by atoms with Gasteiger partial charge < -0.3 is 9.15 Å². The number of H-pyrrole nitrogens is 1. The predicted octanol–water partition coefficient (Wildman–Crippen LogP) is 1.42. The number of furan rings is 1. The van der Waals surface area contributed by atoms with Crippen LogP contribution in [0.4, 0.5) is 5.95 Å². The van der Waals surface area contributed by atoms with Gasteiger partial charge in [-0.1, -0.05) is 0 Å². The van der Waals surface area contributed by atoms with Crippen LogP contribution in [0.3, 0.4) is 0 Å². The van der Waals surface area contributed by atoms with E-state index in [4.69, 9.17) is 9.15 Å². The molecule has 0 aliphatic heterocycles. The summed E-state index contributed by atoms with van der Waals surface area (Å²) < 4.78 is 10.1. The second-order valence-electron chi connectivity index (χ2n) is 4.49. The maximum Gasteiger partial charge on any atom is 0.379 e. The molecule has 1 aromatic carbocycles. The topological polar surface area (TPSA) is 122 Å². The van der Waals surface area contributed by atoms with Gasteiger partial charge in [0, 0.05) is 0 Å². The van der Waals surface area contributed by atoms with Gasteiger partial charge in [0.15, 0.2) is 0 Å². The number of carbonyl (C=O) groups excluding carboxylic acids is 1. The largest absolute Gasteiger partial charge is 0.457 e. The van der Waals surface area contributed by atoms with Gasteiger partial charge in [0.05, 0.1) is 12.5 Å². The van der Waals surface area contributed by atoms with Crippen LogP contribution in [-0.2, 0) is 0 Å². The summed E-state index contributed by atoms with van der Waals surface area (Å²) in [5.74, 6) is 0.0556. The minimum Gasteiger partial charge on any atom is -0.457 e. The molecule has 3 rings (SSSR count). The maximum atomic E-state index is 11.7. The second-order valence-corrected chi connectivity index (χ2v) is 4.49. The zero-order chi connectivity index (χ0) is 16.8. The summed E-state index contributed by atoms with van der Waals surface area (Å²) in [5, 5.41) is 11.0. The molecule has 0 spiro atoms. The van der Waals surface area contributed by atoms with E-state index in [1.54, 1.807) is 30.3 Å². The summed E-state index contributed by atoms with van der Waals surface area (Å²) in [5.41, 5.74) is 2.90. The highest BCUT2D eigenvalue weighted by atomic mass is 16.5. The van der Waals surface area contributed by atoms with Crippen LogP contribution in [0.15, 0.2) is 63.2 Å². The number of esters is 1. The number of hydrazone groups is 1. The minimum atomic E-state index is -0.574. The molecule has 24 heavy (non-hydrogen) atoms. The summed E-state index contributed by atoms with van der Waals surface area (Å²) in [6, 6.07) is 9.77. The molecule has 0 bridgehead atoms. The molecule has 120 valence electrons. The van der Waals surface area contributed by atoms with E-state index in [0.717, 1.165) is 11.8 Å². The Balaban J connectivity index is 1.59. The molecule has 0 saturated heterocycles. The molecule has 2 heterocycles. The minimum absolute atomic E-state index is 0.128. The standard InChI is InChI=1S/C15H11N5O4/c21-13-9-17-20-15(18-13)19-16-8-10-3-5-11(6-4-10)24-14(22)12-2-1-7-23-12/h1-9H,(H2,18,19,20,21)/b16-8+. The Hall–Kier alpha value is -3.75. The number of nitrogens with one attached hydrogen (secondary N) is 2. The lowest BCUT2D eigenvalue weighted by Crippen LogP contribution is -2.10. The number of aromatic amines is 1. The Morgan fingerprint density at radius 2 is 2.12 bits per heavy atom. The Bertz CT molecular complexity index is 900. The smallest absolute Gasteiger partial charge is 0.379 e. The van der Waals surface area contributed by atoms with Gasteiger partial charge in [-0.15, -0.1) is 10.2 Å². The van der Waals surface area contributed by atoms with Crippen LogP contribution in [-0.4, -0.2) is 27.4 Å². The van der Waals surface area contributed by atoms with E-state index in [2.05, 4.69) is 25.7 Å². The molecule has 0 saturated carbocycles. The predicted molar refractivity (Wildman–Crippen MR) is 84.0 cm³/mol. The van der Waals surface area contributed by atoms with E-state index in [0.29, 0.717) is 5.75 Å². The van der Waals surface area contributed by atoms with Crippen LogP contribution < -0.4 is 15.7 Å². The second kappa shape index (κ2) is 7.01. The van der Waals surface area contributed by atoms with Gasteiger partial charge >= 0.3 is 5.97 Å². The number of rotatable bonds is 5. The molecule has 0 aliphatic rings. The summed E-state index contributed by atoms with van der Waals surface area (Å²) in [6.07, 6.45) is 3.95. The quantitative estimate of drug-likeness (QED) is 0.315. The van der Waals surface area contributed by atoms with Crippen LogP contribution >= 0.6 is 0 Å². The monoisotopic (exact) mass is 325 g/mol. The van der Waals surface area contributed by atoms with E-state index in [-0.39, 0.29) is 17.3 Å². The fourth-order valence-corrected chi connectivity index (χ4v) is 1.71. The molecular formula is C15H11N5O4. The number of hydrogen-bond acceptors (Lipinski definition) is 8. The molecule has 9 nitrogen and oxygen atoms in total. The molecule has 2 aromatic heterocycles. The Labute approximate surface area is 135 Å². The lowest BCUT2D eigenvalue weighted by atomic mass is 10.2. The van der Waals surface area contributed by atoms with Crippen molar-refractivity contribution in [2.45, 2.75) is 0 Å². The first kappa shape index (κ1) is 15.2. The van der Waals surface area contributed by atoms with Gasteiger partial charge in [-0.25, -0.2) is 10.2 Å². The van der Waals surface area contributed by atoms with Crippen molar-refractivity contribution in [3.05, 3.63) is 70.5 Å². The highest BCUT2D eigenvalue weighted by molar-refractivity contribution is 5.88. The number of nitrogens with zero attached hydrogens (tertiary/aromatic N) is 3. The summed E-state index contributed by atoms with van der Waals surface area (Å²) in [4.78, 5) is 25.2. The Kier molecular flexibility index (Phi) is 4.43. The lowest BCUT2D eigenvalue weighted by Gasteiger charge is -2.02. The number of ether oxygens (including phenoxy) is 1. The zero-order valence-electron chi connectivity index (χ0n) is 12.2. The molecule has 0 atom stereocenters. The molecule has 0 unspecified atom stereocenters. The average Bonchev–Trinajstić information content (AvgIpc) is 3.11. The molecule has 0 fully saturated rings. The SMILES string of the molecule is O=C(Oc1ccc(/C=N/Nc2nncc(=O)[nH]2)cc1)c1ccco1. The van der Waals surface area contributed by atoms with Crippen molar-refractivity contribution in [3.8, 4) is 5.75 Å². The number of aromatic nitrogens is 3. The number of carbonyl (C=O) groups is 1. The van der Waals surface area contributed by atoms with Crippen molar-refractivity contribution < 1.29 is 13.9 Å². The highest BCUT2D eigenvalue weighted by Crippen LogP contribution is 2.13. The van der Waals surface area contributed by atoms with E-state index < -0.39 is 5.97 Å². The molecule has 2 N–H and O–H groups in total. The lowest BCUT2D eigenvalue weighted by molar-refractivity contribution is 0.0701. The van der Waals surface area contributed by atoms with Gasteiger partial charge in [-0.3, -0.25) is 9.78 Å². The van der Waals surface area contributed by atoms with Crippen molar-refractivity contribution in [1.82, 2.24) is 15.2 Å². The van der Waals surface area contributed by atoms with Crippen LogP contribution in [0.2, 0.25) is 0 Å². The van der Waals surface area contributed by atoms with Crippen molar-refractivity contribution >= 4 is 18.1 Å². The fraction of sp³-hybridized carbons (Fsp3) is 0. The van der Waals surface area contributed by atoms with Crippen molar-refractivity contribution in [3.63, 3.8) is 0 Å². The molecule has 3 aromatic rings. The third-order valence-corrected chi connectivity index (χ3v) is 2.77. The maximum absolute atomic E-state index is 11.7. The van der Waals surface area contributed by atoms with Crippen molar-refractivity contribution in [2.75, 3.05) is 5.43 Å². The van der Waals surface area contributed by atoms with E-state index in [9.17, 15) is 9.59 Å². The van der Waals surface area contributed by atoms with Gasteiger partial charge in [0.2, 0.25) is 11.7 Å². The van der Waals surface area contributed by atoms with Gasteiger partial charge in [-0.2, -0.15) is 5.10 Å². The first-order valence-corrected chi connectivity index (χ1v) is 6.77. The van der Waals surface area contributed by atoms with Crippen molar-refractivity contribution in [1.29, 1.82) is 0 Å². The average molecular weight is 325 g/mol. The summed E-state index contributed by atoms with van der Waals surface area (Å²) in [7, 11) is 0. The van der Waals surface area contributed by atoms with Crippen LogP contribution in [0.1, 0.15) is 16.1 Å². The Morgan fingerprint density at radius 1 is 1.29 bits per heavy atom. The summed E-state index contributed by atoms with van der Waals surface area (Å²) >= 11 is 0. The molecular weight excluding hydrogens is 314 g/mol. The first-order chi connectivity index (χ1) is 11.7. The highest BCUT2D eigenvalue weighted by Gasteiger charge is 2.10. The van der Waals surface area contributed by atoms with Crippen LogP contribution in [0, 0.1) is 0 Å².